The molecule has 102 valence electrons. The van der Waals surface area contributed by atoms with Gasteiger partial charge < -0.3 is 14.3 Å². The zero-order valence-corrected chi connectivity index (χ0v) is 12.3. The van der Waals surface area contributed by atoms with Gasteiger partial charge in [0.2, 0.25) is 0 Å². The summed E-state index contributed by atoms with van der Waals surface area (Å²) in [7, 11) is 0. The van der Waals surface area contributed by atoms with Crippen molar-refractivity contribution in [2.24, 2.45) is 0 Å². The van der Waals surface area contributed by atoms with Gasteiger partial charge in [-0.25, -0.2) is 0 Å². The van der Waals surface area contributed by atoms with Crippen LogP contribution in [0.3, 0.4) is 0 Å². The summed E-state index contributed by atoms with van der Waals surface area (Å²) in [5.41, 5.74) is 2.48. The molecular weight excluding hydrogens is 320 g/mol. The minimum absolute atomic E-state index is 0.0393. The lowest BCUT2D eigenvalue weighted by atomic mass is 10.1. The van der Waals surface area contributed by atoms with Gasteiger partial charge in [0.05, 0.1) is 12.9 Å². The Morgan fingerprint density at radius 1 is 1.10 bits per heavy atom. The molecule has 0 saturated heterocycles. The number of hydrogen-bond acceptors (Lipinski definition) is 3. The third kappa shape index (κ3) is 2.57. The zero-order valence-electron chi connectivity index (χ0n) is 10.7. The summed E-state index contributed by atoms with van der Waals surface area (Å²) in [5, 5.41) is 10.2. The summed E-state index contributed by atoms with van der Waals surface area (Å²) < 4.78 is 12.2. The highest BCUT2D eigenvalue weighted by atomic mass is 79.9. The predicted molar refractivity (Wildman–Crippen MR) is 80.6 cm³/mol. The molecule has 1 N–H and O–H groups in total. The van der Waals surface area contributed by atoms with Gasteiger partial charge in [-0.05, 0) is 24.3 Å². The van der Waals surface area contributed by atoms with Crippen LogP contribution in [0.1, 0.15) is 11.1 Å². The van der Waals surface area contributed by atoms with Crippen molar-refractivity contribution in [2.45, 2.75) is 13.2 Å². The van der Waals surface area contributed by atoms with Crippen molar-refractivity contribution in [2.75, 3.05) is 0 Å². The standard InChI is InChI=1S/C16H13BrO3/c17-13-6-11(9-19-14-4-2-1-3-5-14)16-15(7-13)12(8-18)10-20-16/h1-7,10,18H,8-9H2. The van der Waals surface area contributed by atoms with Crippen LogP contribution < -0.4 is 4.74 Å². The van der Waals surface area contributed by atoms with Gasteiger partial charge in [0.1, 0.15) is 17.9 Å². The molecule has 0 bridgehead atoms. The zero-order chi connectivity index (χ0) is 13.9. The van der Waals surface area contributed by atoms with E-state index in [-0.39, 0.29) is 6.61 Å². The first-order valence-electron chi connectivity index (χ1n) is 6.25. The van der Waals surface area contributed by atoms with Crippen LogP contribution in [0.5, 0.6) is 5.75 Å². The number of furan rings is 1. The highest BCUT2D eigenvalue weighted by Gasteiger charge is 2.11. The van der Waals surface area contributed by atoms with Gasteiger partial charge in [-0.3, -0.25) is 0 Å². The number of fused-ring (bicyclic) bond motifs is 1. The summed E-state index contributed by atoms with van der Waals surface area (Å²) >= 11 is 3.48. The number of ether oxygens (including phenoxy) is 1. The van der Waals surface area contributed by atoms with Crippen molar-refractivity contribution in [3.8, 4) is 5.75 Å². The quantitative estimate of drug-likeness (QED) is 0.775. The summed E-state index contributed by atoms with van der Waals surface area (Å²) in [6, 6.07) is 13.6. The number of hydrogen-bond donors (Lipinski definition) is 1. The van der Waals surface area contributed by atoms with Crippen molar-refractivity contribution >= 4 is 26.9 Å². The van der Waals surface area contributed by atoms with E-state index in [9.17, 15) is 5.11 Å². The smallest absolute Gasteiger partial charge is 0.140 e. The molecule has 0 aliphatic heterocycles. The van der Waals surface area contributed by atoms with Crippen molar-refractivity contribution in [1.82, 2.24) is 0 Å². The third-order valence-electron chi connectivity index (χ3n) is 3.10. The molecule has 0 saturated carbocycles. The van der Waals surface area contributed by atoms with Crippen LogP contribution in [0.15, 0.2) is 57.6 Å². The molecule has 3 nitrogen and oxygen atoms in total. The number of para-hydroxylation sites is 1. The van der Waals surface area contributed by atoms with E-state index in [1.807, 2.05) is 42.5 Å². The second-order valence-electron chi connectivity index (χ2n) is 4.46. The Bertz CT molecular complexity index is 719. The van der Waals surface area contributed by atoms with Gasteiger partial charge in [-0.15, -0.1) is 0 Å². The Morgan fingerprint density at radius 2 is 1.90 bits per heavy atom. The Morgan fingerprint density at radius 3 is 2.65 bits per heavy atom. The van der Waals surface area contributed by atoms with Crippen molar-refractivity contribution < 1.29 is 14.3 Å². The molecule has 0 spiro atoms. The molecule has 0 unspecified atom stereocenters. The number of aliphatic hydroxyl groups is 1. The van der Waals surface area contributed by atoms with Crippen molar-refractivity contribution in [3.63, 3.8) is 0 Å². The van der Waals surface area contributed by atoms with Gasteiger partial charge >= 0.3 is 0 Å². The van der Waals surface area contributed by atoms with Crippen LogP contribution in [0.2, 0.25) is 0 Å². The first-order chi connectivity index (χ1) is 9.78. The minimum atomic E-state index is -0.0393. The molecule has 1 aromatic heterocycles. The summed E-state index contributed by atoms with van der Waals surface area (Å²) in [4.78, 5) is 0. The number of rotatable bonds is 4. The van der Waals surface area contributed by atoms with Crippen LogP contribution in [0.4, 0.5) is 0 Å². The Hall–Kier alpha value is -1.78. The SMILES string of the molecule is OCc1coc2c(COc3ccccc3)cc(Br)cc12. The van der Waals surface area contributed by atoms with Gasteiger partial charge in [-0.2, -0.15) is 0 Å². The topological polar surface area (TPSA) is 42.6 Å². The summed E-state index contributed by atoms with van der Waals surface area (Å²) in [6.45, 7) is 0.376. The molecule has 0 radical (unpaired) electrons. The minimum Gasteiger partial charge on any atom is -0.489 e. The lowest BCUT2D eigenvalue weighted by Crippen LogP contribution is -1.96. The van der Waals surface area contributed by atoms with E-state index in [0.29, 0.717) is 6.61 Å². The Balaban J connectivity index is 1.93. The van der Waals surface area contributed by atoms with E-state index in [1.54, 1.807) is 6.26 Å². The molecule has 2 aromatic carbocycles. The second kappa shape index (κ2) is 5.69. The first-order valence-corrected chi connectivity index (χ1v) is 7.04. The van der Waals surface area contributed by atoms with E-state index < -0.39 is 0 Å². The van der Waals surface area contributed by atoms with Crippen molar-refractivity contribution in [1.29, 1.82) is 0 Å². The average molecular weight is 333 g/mol. The molecule has 0 fully saturated rings. The maximum atomic E-state index is 9.31. The highest BCUT2D eigenvalue weighted by Crippen LogP contribution is 2.29. The normalized spacial score (nSPS) is 10.9. The van der Waals surface area contributed by atoms with Gasteiger partial charge in [-0.1, -0.05) is 34.1 Å². The molecular formula is C16H13BrO3. The molecule has 20 heavy (non-hydrogen) atoms. The fraction of sp³-hybridized carbons (Fsp3) is 0.125. The van der Waals surface area contributed by atoms with Crippen LogP contribution >= 0.6 is 15.9 Å². The second-order valence-corrected chi connectivity index (χ2v) is 5.38. The maximum absolute atomic E-state index is 9.31. The number of aliphatic hydroxyl groups excluding tert-OH is 1. The largest absolute Gasteiger partial charge is 0.489 e. The molecule has 3 aromatic rings. The molecule has 3 rings (SSSR count). The van der Waals surface area contributed by atoms with Gasteiger partial charge in [0.25, 0.3) is 0 Å². The van der Waals surface area contributed by atoms with E-state index in [4.69, 9.17) is 9.15 Å². The average Bonchev–Trinajstić information content (AvgIpc) is 2.88. The predicted octanol–water partition coefficient (Wildman–Crippen LogP) is 4.27. The molecule has 0 aliphatic rings. The third-order valence-corrected chi connectivity index (χ3v) is 3.56. The van der Waals surface area contributed by atoms with Crippen LogP contribution in [-0.2, 0) is 13.2 Å². The first kappa shape index (κ1) is 13.2. The molecule has 0 atom stereocenters. The molecule has 0 amide bonds. The van der Waals surface area contributed by atoms with Crippen LogP contribution in [0.25, 0.3) is 11.0 Å². The molecule has 0 aliphatic carbocycles. The number of halogens is 1. The Kier molecular flexibility index (Phi) is 3.76. The summed E-state index contributed by atoms with van der Waals surface area (Å²) in [5.74, 6) is 0.814. The van der Waals surface area contributed by atoms with Crippen LogP contribution in [0, 0.1) is 0 Å². The molecule has 4 heteroatoms. The summed E-state index contributed by atoms with van der Waals surface area (Å²) in [6.07, 6.45) is 1.59. The highest BCUT2D eigenvalue weighted by molar-refractivity contribution is 9.10. The monoisotopic (exact) mass is 332 g/mol. The number of benzene rings is 2. The Labute approximate surface area is 124 Å². The van der Waals surface area contributed by atoms with Crippen LogP contribution in [-0.4, -0.2) is 5.11 Å². The van der Waals surface area contributed by atoms with Gasteiger partial charge in [0.15, 0.2) is 0 Å². The van der Waals surface area contributed by atoms with E-state index >= 15 is 0 Å². The maximum Gasteiger partial charge on any atom is 0.140 e. The van der Waals surface area contributed by atoms with E-state index in [0.717, 1.165) is 32.3 Å². The van der Waals surface area contributed by atoms with Gasteiger partial charge in [0, 0.05) is 21.0 Å². The fourth-order valence-electron chi connectivity index (χ4n) is 2.13. The van der Waals surface area contributed by atoms with E-state index in [1.165, 1.54) is 0 Å². The lowest BCUT2D eigenvalue weighted by Gasteiger charge is -2.07. The van der Waals surface area contributed by atoms with Crippen molar-refractivity contribution in [3.05, 3.63) is 64.3 Å². The fourth-order valence-corrected chi connectivity index (χ4v) is 2.63. The lowest BCUT2D eigenvalue weighted by molar-refractivity contribution is 0.281. The van der Waals surface area contributed by atoms with E-state index in [2.05, 4.69) is 15.9 Å². The molecule has 1 heterocycles.